The number of halogens is 2. The van der Waals surface area contributed by atoms with Gasteiger partial charge in [-0.05, 0) is 30.3 Å². The lowest BCUT2D eigenvalue weighted by atomic mass is 10.2. The Bertz CT molecular complexity index is 561. The van der Waals surface area contributed by atoms with E-state index in [2.05, 4.69) is 10.4 Å². The largest absolute Gasteiger partial charge is 0.481 e. The zero-order valence-corrected chi connectivity index (χ0v) is 11.5. The summed E-state index contributed by atoms with van der Waals surface area (Å²) in [5.41, 5.74) is 1.16. The second-order valence-electron chi connectivity index (χ2n) is 4.44. The summed E-state index contributed by atoms with van der Waals surface area (Å²) in [5, 5.41) is 7.09. The lowest BCUT2D eigenvalue weighted by Gasteiger charge is -2.09. The SMILES string of the molecule is CCNCc1cc(F)c(OCc2ccn(C)n2)c(F)c1. The molecule has 1 heterocycles. The minimum atomic E-state index is -0.700. The average Bonchev–Trinajstić information content (AvgIpc) is 2.81. The number of nitrogens with zero attached hydrogens (tertiary/aromatic N) is 2. The standard InChI is InChI=1S/C14H17F2N3O/c1-3-17-8-10-6-12(15)14(13(16)7-10)20-9-11-4-5-19(2)18-11/h4-7,17H,3,8-9H2,1-2H3. The molecule has 20 heavy (non-hydrogen) atoms. The van der Waals surface area contributed by atoms with Crippen LogP contribution in [0.1, 0.15) is 18.2 Å². The number of hydrogen-bond acceptors (Lipinski definition) is 3. The van der Waals surface area contributed by atoms with Crippen LogP contribution < -0.4 is 10.1 Å². The number of nitrogens with one attached hydrogen (secondary N) is 1. The summed E-state index contributed by atoms with van der Waals surface area (Å²) in [6.45, 7) is 3.12. The van der Waals surface area contributed by atoms with Crippen molar-refractivity contribution in [2.75, 3.05) is 6.54 Å². The number of ether oxygens (including phenoxy) is 1. The molecule has 2 aromatic rings. The Labute approximate surface area is 116 Å². The quantitative estimate of drug-likeness (QED) is 0.883. The fourth-order valence-electron chi connectivity index (χ4n) is 1.81. The third-order valence-electron chi connectivity index (χ3n) is 2.77. The highest BCUT2D eigenvalue weighted by molar-refractivity contribution is 5.31. The molecule has 1 aromatic carbocycles. The Morgan fingerprint density at radius 3 is 2.55 bits per heavy atom. The topological polar surface area (TPSA) is 39.1 Å². The molecule has 0 saturated carbocycles. The van der Waals surface area contributed by atoms with Crippen molar-refractivity contribution in [2.24, 2.45) is 7.05 Å². The molecule has 0 unspecified atom stereocenters. The van der Waals surface area contributed by atoms with E-state index in [9.17, 15) is 8.78 Å². The highest BCUT2D eigenvalue weighted by Gasteiger charge is 2.13. The lowest BCUT2D eigenvalue weighted by molar-refractivity contribution is 0.269. The van der Waals surface area contributed by atoms with E-state index in [0.717, 1.165) is 6.54 Å². The maximum Gasteiger partial charge on any atom is 0.191 e. The van der Waals surface area contributed by atoms with Gasteiger partial charge in [0.1, 0.15) is 6.61 Å². The van der Waals surface area contributed by atoms with Crippen molar-refractivity contribution in [2.45, 2.75) is 20.1 Å². The molecule has 1 N–H and O–H groups in total. The maximum absolute atomic E-state index is 13.8. The molecule has 0 aliphatic rings. The molecule has 0 aliphatic heterocycles. The van der Waals surface area contributed by atoms with E-state index in [1.807, 2.05) is 6.92 Å². The number of aromatic nitrogens is 2. The van der Waals surface area contributed by atoms with E-state index in [1.165, 1.54) is 12.1 Å². The van der Waals surface area contributed by atoms with Crippen LogP contribution in [-0.4, -0.2) is 16.3 Å². The summed E-state index contributed by atoms with van der Waals surface area (Å²) in [6.07, 6.45) is 1.74. The van der Waals surface area contributed by atoms with Gasteiger partial charge < -0.3 is 10.1 Å². The first-order valence-corrected chi connectivity index (χ1v) is 6.40. The number of hydrogen-bond donors (Lipinski definition) is 1. The van der Waals surface area contributed by atoms with E-state index in [-0.39, 0.29) is 12.4 Å². The van der Waals surface area contributed by atoms with Crippen molar-refractivity contribution in [1.82, 2.24) is 15.1 Å². The Morgan fingerprint density at radius 1 is 1.30 bits per heavy atom. The van der Waals surface area contributed by atoms with Crippen molar-refractivity contribution in [3.05, 3.63) is 47.3 Å². The maximum atomic E-state index is 13.8. The van der Waals surface area contributed by atoms with E-state index in [4.69, 9.17) is 4.74 Å². The normalized spacial score (nSPS) is 10.8. The molecule has 0 amide bonds. The van der Waals surface area contributed by atoms with Crippen molar-refractivity contribution in [3.8, 4) is 5.75 Å². The summed E-state index contributed by atoms with van der Waals surface area (Å²) in [7, 11) is 1.76. The van der Waals surface area contributed by atoms with E-state index in [0.29, 0.717) is 17.8 Å². The van der Waals surface area contributed by atoms with Gasteiger partial charge in [-0.3, -0.25) is 4.68 Å². The van der Waals surface area contributed by atoms with Crippen LogP contribution >= 0.6 is 0 Å². The second kappa shape index (κ2) is 6.47. The summed E-state index contributed by atoms with van der Waals surface area (Å²) in [5.74, 6) is -1.77. The fraction of sp³-hybridized carbons (Fsp3) is 0.357. The number of benzene rings is 1. The Hall–Kier alpha value is -1.95. The van der Waals surface area contributed by atoms with Crippen LogP contribution in [0.3, 0.4) is 0 Å². The molecule has 108 valence electrons. The van der Waals surface area contributed by atoms with Crippen LogP contribution in [0.4, 0.5) is 8.78 Å². The first-order chi connectivity index (χ1) is 9.60. The van der Waals surface area contributed by atoms with Gasteiger partial charge in [0.15, 0.2) is 17.4 Å². The highest BCUT2D eigenvalue weighted by Crippen LogP contribution is 2.24. The van der Waals surface area contributed by atoms with Gasteiger partial charge in [0, 0.05) is 19.8 Å². The second-order valence-corrected chi connectivity index (χ2v) is 4.44. The Balaban J connectivity index is 2.07. The minimum Gasteiger partial charge on any atom is -0.481 e. The molecule has 0 spiro atoms. The first kappa shape index (κ1) is 14.5. The number of rotatable bonds is 6. The van der Waals surface area contributed by atoms with Gasteiger partial charge in [0.25, 0.3) is 0 Å². The van der Waals surface area contributed by atoms with Gasteiger partial charge >= 0.3 is 0 Å². The van der Waals surface area contributed by atoms with Crippen LogP contribution in [0.15, 0.2) is 24.4 Å². The lowest BCUT2D eigenvalue weighted by Crippen LogP contribution is -2.12. The van der Waals surface area contributed by atoms with Crippen LogP contribution in [0.2, 0.25) is 0 Å². The molecule has 2 rings (SSSR count). The van der Waals surface area contributed by atoms with E-state index < -0.39 is 11.6 Å². The van der Waals surface area contributed by atoms with Gasteiger partial charge in [-0.2, -0.15) is 5.10 Å². The molecule has 0 bridgehead atoms. The third-order valence-corrected chi connectivity index (χ3v) is 2.77. The molecular formula is C14H17F2N3O. The molecule has 4 nitrogen and oxygen atoms in total. The molecule has 0 atom stereocenters. The van der Waals surface area contributed by atoms with Gasteiger partial charge in [0.2, 0.25) is 0 Å². The molecule has 0 aliphatic carbocycles. The predicted octanol–water partition coefficient (Wildman–Crippen LogP) is 2.39. The van der Waals surface area contributed by atoms with Crippen LogP contribution in [0, 0.1) is 11.6 Å². The van der Waals surface area contributed by atoms with Crippen molar-refractivity contribution in [3.63, 3.8) is 0 Å². The average molecular weight is 281 g/mol. The Kier molecular flexibility index (Phi) is 4.68. The summed E-state index contributed by atoms with van der Waals surface area (Å²) >= 11 is 0. The minimum absolute atomic E-state index is 0.0290. The predicted molar refractivity (Wildman–Crippen MR) is 71.3 cm³/mol. The van der Waals surface area contributed by atoms with Crippen molar-refractivity contribution >= 4 is 0 Å². The third kappa shape index (κ3) is 3.54. The summed E-state index contributed by atoms with van der Waals surface area (Å²) in [6, 6.07) is 4.29. The molecule has 0 saturated heterocycles. The summed E-state index contributed by atoms with van der Waals surface area (Å²) in [4.78, 5) is 0. The van der Waals surface area contributed by atoms with Gasteiger partial charge in [0.05, 0.1) is 5.69 Å². The zero-order chi connectivity index (χ0) is 14.5. The molecular weight excluding hydrogens is 264 g/mol. The monoisotopic (exact) mass is 281 g/mol. The van der Waals surface area contributed by atoms with Gasteiger partial charge in [-0.25, -0.2) is 8.78 Å². The van der Waals surface area contributed by atoms with Gasteiger partial charge in [-0.1, -0.05) is 6.92 Å². The van der Waals surface area contributed by atoms with Crippen molar-refractivity contribution < 1.29 is 13.5 Å². The fourth-order valence-corrected chi connectivity index (χ4v) is 1.81. The zero-order valence-electron chi connectivity index (χ0n) is 11.5. The van der Waals surface area contributed by atoms with Gasteiger partial charge in [-0.15, -0.1) is 0 Å². The first-order valence-electron chi connectivity index (χ1n) is 6.40. The van der Waals surface area contributed by atoms with Crippen LogP contribution in [0.5, 0.6) is 5.75 Å². The number of aryl methyl sites for hydroxylation is 1. The van der Waals surface area contributed by atoms with E-state index in [1.54, 1.807) is 24.0 Å². The summed E-state index contributed by atoms with van der Waals surface area (Å²) < 4.78 is 34.4. The van der Waals surface area contributed by atoms with Crippen LogP contribution in [0.25, 0.3) is 0 Å². The molecule has 1 aromatic heterocycles. The molecule has 0 radical (unpaired) electrons. The molecule has 6 heteroatoms. The Morgan fingerprint density at radius 2 is 2.00 bits per heavy atom. The molecule has 0 fully saturated rings. The smallest absolute Gasteiger partial charge is 0.191 e. The van der Waals surface area contributed by atoms with E-state index >= 15 is 0 Å². The van der Waals surface area contributed by atoms with Crippen LogP contribution in [-0.2, 0) is 20.2 Å². The highest BCUT2D eigenvalue weighted by atomic mass is 19.1. The van der Waals surface area contributed by atoms with Crippen molar-refractivity contribution in [1.29, 1.82) is 0 Å².